The van der Waals surface area contributed by atoms with Gasteiger partial charge in [-0.2, -0.15) is 0 Å². The van der Waals surface area contributed by atoms with Crippen molar-refractivity contribution >= 4 is 29.1 Å². The van der Waals surface area contributed by atoms with Crippen LogP contribution in [0.4, 0.5) is 10.1 Å². The number of hydrogen-bond donors (Lipinski definition) is 0. The molecule has 0 radical (unpaired) electrons. The SMILES string of the molecule is CC(C)Oc1cc(N2C(=O)C3=C(C2=O)C(C)CCC3)c(F)cc1Cl. The normalized spacial score (nSPS) is 20.9. The molecule has 0 saturated carbocycles. The van der Waals surface area contributed by atoms with Gasteiger partial charge in [0.25, 0.3) is 11.8 Å². The number of ether oxygens (including phenoxy) is 1. The molecule has 0 aromatic heterocycles. The largest absolute Gasteiger partial charge is 0.489 e. The summed E-state index contributed by atoms with van der Waals surface area (Å²) in [5.74, 6) is -1.32. The van der Waals surface area contributed by atoms with Gasteiger partial charge in [-0.05, 0) is 45.1 Å². The zero-order valence-corrected chi connectivity index (χ0v) is 14.6. The minimum Gasteiger partial charge on any atom is -0.489 e. The van der Waals surface area contributed by atoms with Crippen LogP contribution >= 0.6 is 11.6 Å². The molecule has 1 aromatic rings. The highest BCUT2D eigenvalue weighted by atomic mass is 35.5. The summed E-state index contributed by atoms with van der Waals surface area (Å²) < 4.78 is 20.0. The molecular weight excluding hydrogens is 333 g/mol. The molecule has 1 unspecified atom stereocenters. The van der Waals surface area contributed by atoms with Gasteiger partial charge in [0.2, 0.25) is 0 Å². The lowest BCUT2D eigenvalue weighted by Gasteiger charge is -2.19. The van der Waals surface area contributed by atoms with Crippen molar-refractivity contribution in [3.8, 4) is 5.75 Å². The maximum atomic E-state index is 14.4. The molecular formula is C18H19ClFNO3. The molecule has 0 N–H and O–H groups in total. The number of carbonyl (C=O) groups is 2. The van der Waals surface area contributed by atoms with Crippen molar-refractivity contribution in [2.24, 2.45) is 5.92 Å². The van der Waals surface area contributed by atoms with E-state index in [0.29, 0.717) is 17.6 Å². The van der Waals surface area contributed by atoms with Crippen molar-refractivity contribution in [3.05, 3.63) is 34.1 Å². The Morgan fingerprint density at radius 3 is 2.62 bits per heavy atom. The molecule has 2 aliphatic rings. The van der Waals surface area contributed by atoms with Gasteiger partial charge in [-0.3, -0.25) is 9.59 Å². The number of benzene rings is 1. The minimum atomic E-state index is -0.717. The van der Waals surface area contributed by atoms with Crippen molar-refractivity contribution < 1.29 is 18.7 Å². The maximum absolute atomic E-state index is 14.4. The number of imide groups is 1. The highest BCUT2D eigenvalue weighted by molar-refractivity contribution is 6.34. The number of nitrogens with zero attached hydrogens (tertiary/aromatic N) is 1. The standard InChI is InChI=1S/C18H19ClFNO3/c1-9(2)24-15-8-14(13(20)7-12(15)19)21-17(22)11-6-4-5-10(3)16(11)18(21)23/h7-10H,4-6H2,1-3H3. The van der Waals surface area contributed by atoms with Crippen molar-refractivity contribution in [1.82, 2.24) is 0 Å². The van der Waals surface area contributed by atoms with E-state index in [4.69, 9.17) is 16.3 Å². The molecule has 0 fully saturated rings. The Balaban J connectivity index is 2.04. The molecule has 1 heterocycles. The van der Waals surface area contributed by atoms with Crippen LogP contribution in [0.1, 0.15) is 40.0 Å². The van der Waals surface area contributed by atoms with E-state index in [-0.39, 0.29) is 28.5 Å². The summed E-state index contributed by atoms with van der Waals surface area (Å²) in [7, 11) is 0. The molecule has 0 saturated heterocycles. The lowest BCUT2D eigenvalue weighted by atomic mass is 9.85. The number of carbonyl (C=O) groups excluding carboxylic acids is 2. The third-order valence-electron chi connectivity index (χ3n) is 4.38. The Bertz CT molecular complexity index is 757. The minimum absolute atomic E-state index is 0.0111. The first-order valence-electron chi connectivity index (χ1n) is 8.08. The fourth-order valence-electron chi connectivity index (χ4n) is 3.32. The number of anilines is 1. The first-order valence-corrected chi connectivity index (χ1v) is 8.46. The Morgan fingerprint density at radius 2 is 2.00 bits per heavy atom. The Morgan fingerprint density at radius 1 is 1.29 bits per heavy atom. The van der Waals surface area contributed by atoms with Gasteiger partial charge in [-0.25, -0.2) is 9.29 Å². The molecule has 1 aliphatic carbocycles. The van der Waals surface area contributed by atoms with Gasteiger partial charge in [-0.15, -0.1) is 0 Å². The molecule has 0 bridgehead atoms. The zero-order chi connectivity index (χ0) is 17.6. The van der Waals surface area contributed by atoms with Gasteiger partial charge in [0.15, 0.2) is 0 Å². The average Bonchev–Trinajstić information content (AvgIpc) is 2.75. The molecule has 3 rings (SSSR count). The van der Waals surface area contributed by atoms with Crippen LogP contribution in [0.3, 0.4) is 0 Å². The van der Waals surface area contributed by atoms with Crippen LogP contribution in [-0.4, -0.2) is 17.9 Å². The number of halogens is 2. The summed E-state index contributed by atoms with van der Waals surface area (Å²) in [4.78, 5) is 26.3. The number of hydrogen-bond acceptors (Lipinski definition) is 3. The van der Waals surface area contributed by atoms with E-state index < -0.39 is 17.6 Å². The summed E-state index contributed by atoms with van der Waals surface area (Å²) >= 11 is 6.01. The second kappa shape index (κ2) is 6.20. The third kappa shape index (κ3) is 2.71. The van der Waals surface area contributed by atoms with Gasteiger partial charge in [-0.1, -0.05) is 18.5 Å². The summed E-state index contributed by atoms with van der Waals surface area (Å²) in [6.45, 7) is 5.55. The van der Waals surface area contributed by atoms with Crippen LogP contribution < -0.4 is 9.64 Å². The van der Waals surface area contributed by atoms with Crippen LogP contribution in [-0.2, 0) is 9.59 Å². The maximum Gasteiger partial charge on any atom is 0.262 e. The van der Waals surface area contributed by atoms with Crippen molar-refractivity contribution in [2.45, 2.75) is 46.1 Å². The van der Waals surface area contributed by atoms with E-state index >= 15 is 0 Å². The van der Waals surface area contributed by atoms with Crippen molar-refractivity contribution in [2.75, 3.05) is 4.90 Å². The Labute approximate surface area is 145 Å². The van der Waals surface area contributed by atoms with Crippen LogP contribution in [0.2, 0.25) is 5.02 Å². The summed E-state index contributed by atoms with van der Waals surface area (Å²) in [5, 5.41) is 0.107. The lowest BCUT2D eigenvalue weighted by molar-refractivity contribution is -0.120. The fourth-order valence-corrected chi connectivity index (χ4v) is 3.52. The highest BCUT2D eigenvalue weighted by Gasteiger charge is 2.43. The van der Waals surface area contributed by atoms with Crippen LogP contribution in [0, 0.1) is 11.7 Å². The van der Waals surface area contributed by atoms with Crippen molar-refractivity contribution in [1.29, 1.82) is 0 Å². The quantitative estimate of drug-likeness (QED) is 0.764. The predicted molar refractivity (Wildman–Crippen MR) is 89.7 cm³/mol. The Hall–Kier alpha value is -1.88. The molecule has 6 heteroatoms. The van der Waals surface area contributed by atoms with E-state index in [2.05, 4.69) is 0 Å². The number of amides is 2. The first kappa shape index (κ1) is 17.0. The molecule has 1 atom stereocenters. The predicted octanol–water partition coefficient (Wildman–Crippen LogP) is 4.26. The number of rotatable bonds is 3. The van der Waals surface area contributed by atoms with Crippen molar-refractivity contribution in [3.63, 3.8) is 0 Å². The molecule has 4 nitrogen and oxygen atoms in total. The second-order valence-electron chi connectivity index (χ2n) is 6.53. The molecule has 0 spiro atoms. The van der Waals surface area contributed by atoms with Crippen LogP contribution in [0.15, 0.2) is 23.3 Å². The van der Waals surface area contributed by atoms with Gasteiger partial charge in [0.05, 0.1) is 16.8 Å². The molecule has 2 amide bonds. The highest BCUT2D eigenvalue weighted by Crippen LogP contribution is 2.41. The average molecular weight is 352 g/mol. The molecule has 24 heavy (non-hydrogen) atoms. The second-order valence-corrected chi connectivity index (χ2v) is 6.94. The molecule has 128 valence electrons. The van der Waals surface area contributed by atoms with Gasteiger partial charge < -0.3 is 4.74 Å². The van der Waals surface area contributed by atoms with Crippen LogP contribution in [0.5, 0.6) is 5.75 Å². The van der Waals surface area contributed by atoms with E-state index in [9.17, 15) is 14.0 Å². The van der Waals surface area contributed by atoms with E-state index in [0.717, 1.165) is 23.8 Å². The lowest BCUT2D eigenvalue weighted by Crippen LogP contribution is -2.33. The summed E-state index contributed by atoms with van der Waals surface area (Å²) in [6.07, 6.45) is 2.11. The van der Waals surface area contributed by atoms with E-state index in [1.54, 1.807) is 0 Å². The first-order chi connectivity index (χ1) is 11.3. The van der Waals surface area contributed by atoms with E-state index in [1.165, 1.54) is 6.07 Å². The monoisotopic (exact) mass is 351 g/mol. The van der Waals surface area contributed by atoms with Gasteiger partial charge >= 0.3 is 0 Å². The Kier molecular flexibility index (Phi) is 4.38. The van der Waals surface area contributed by atoms with E-state index in [1.807, 2.05) is 20.8 Å². The zero-order valence-electron chi connectivity index (χ0n) is 13.9. The van der Waals surface area contributed by atoms with Gasteiger partial charge in [0.1, 0.15) is 11.6 Å². The molecule has 1 aromatic carbocycles. The third-order valence-corrected chi connectivity index (χ3v) is 4.68. The smallest absolute Gasteiger partial charge is 0.262 e. The summed E-state index contributed by atoms with van der Waals surface area (Å²) in [6, 6.07) is 2.41. The fraction of sp³-hybridized carbons (Fsp3) is 0.444. The molecule has 1 aliphatic heterocycles. The summed E-state index contributed by atoms with van der Waals surface area (Å²) in [5.41, 5.74) is 0.929. The van der Waals surface area contributed by atoms with Gasteiger partial charge in [0, 0.05) is 17.2 Å². The topological polar surface area (TPSA) is 46.6 Å². The van der Waals surface area contributed by atoms with Crippen LogP contribution in [0.25, 0.3) is 0 Å².